The molecule has 0 aromatic heterocycles. The van der Waals surface area contributed by atoms with Gasteiger partial charge in [-0.1, -0.05) is 12.2 Å². The highest BCUT2D eigenvalue weighted by atomic mass is 32.2. The molecule has 1 saturated heterocycles. The van der Waals surface area contributed by atoms with Crippen molar-refractivity contribution in [2.24, 2.45) is 0 Å². The van der Waals surface area contributed by atoms with Gasteiger partial charge in [0, 0.05) is 16.6 Å². The normalized spacial score (nSPS) is 21.6. The number of hydrogen-bond acceptors (Lipinski definition) is 1. The highest BCUT2D eigenvalue weighted by Crippen LogP contribution is 2.43. The van der Waals surface area contributed by atoms with Gasteiger partial charge in [-0.15, -0.1) is 11.8 Å². The largest absolute Gasteiger partial charge is 0.207 e. The molecule has 74 valence electrons. The summed E-state index contributed by atoms with van der Waals surface area (Å²) in [5.41, 5.74) is 1.57. The van der Waals surface area contributed by atoms with E-state index in [0.717, 1.165) is 23.8 Å². The Morgan fingerprint density at radius 2 is 2.14 bits per heavy atom. The van der Waals surface area contributed by atoms with E-state index in [-0.39, 0.29) is 16.9 Å². The molecule has 3 heteroatoms. The van der Waals surface area contributed by atoms with Crippen LogP contribution in [0.4, 0.5) is 8.78 Å². The lowest BCUT2D eigenvalue weighted by Gasteiger charge is -2.09. The van der Waals surface area contributed by atoms with Gasteiger partial charge in [-0.25, -0.2) is 8.78 Å². The first-order valence-electron chi connectivity index (χ1n) is 4.40. The van der Waals surface area contributed by atoms with Crippen molar-refractivity contribution in [1.29, 1.82) is 0 Å². The maximum absolute atomic E-state index is 13.3. The van der Waals surface area contributed by atoms with Crippen LogP contribution in [0.1, 0.15) is 17.2 Å². The summed E-state index contributed by atoms with van der Waals surface area (Å²) in [4.78, 5) is 0. The van der Waals surface area contributed by atoms with Crippen molar-refractivity contribution in [2.75, 3.05) is 5.75 Å². The Morgan fingerprint density at radius 1 is 1.36 bits per heavy atom. The first-order valence-corrected chi connectivity index (χ1v) is 5.45. The van der Waals surface area contributed by atoms with E-state index >= 15 is 0 Å². The number of halogens is 2. The number of hydrogen-bond donors (Lipinski definition) is 0. The lowest BCUT2D eigenvalue weighted by Crippen LogP contribution is -1.94. The second kappa shape index (κ2) is 3.73. The highest BCUT2D eigenvalue weighted by Gasteiger charge is 2.23. The van der Waals surface area contributed by atoms with Crippen LogP contribution in [0.25, 0.3) is 0 Å². The summed E-state index contributed by atoms with van der Waals surface area (Å²) in [5.74, 6) is 0.152. The van der Waals surface area contributed by atoms with E-state index in [1.165, 1.54) is 12.1 Å². The summed E-state index contributed by atoms with van der Waals surface area (Å²) in [6.07, 6.45) is 0.755. The quantitative estimate of drug-likeness (QED) is 0.640. The molecule has 1 aliphatic rings. The van der Waals surface area contributed by atoms with E-state index in [9.17, 15) is 8.78 Å². The second-order valence-electron chi connectivity index (χ2n) is 3.42. The van der Waals surface area contributed by atoms with Gasteiger partial charge in [0.05, 0.1) is 0 Å². The fourth-order valence-corrected chi connectivity index (χ4v) is 2.83. The SMILES string of the molecule is C=C1CSC(c2cc(F)ccc2F)C1. The molecule has 2 rings (SSSR count). The molecule has 1 aromatic carbocycles. The van der Waals surface area contributed by atoms with Crippen molar-refractivity contribution in [2.45, 2.75) is 11.7 Å². The van der Waals surface area contributed by atoms with Gasteiger partial charge in [0.25, 0.3) is 0 Å². The number of thioether (sulfide) groups is 1. The molecule has 1 aliphatic heterocycles. The second-order valence-corrected chi connectivity index (χ2v) is 4.61. The lowest BCUT2D eigenvalue weighted by atomic mass is 10.1. The molecular formula is C11H10F2S. The first-order chi connectivity index (χ1) is 6.66. The van der Waals surface area contributed by atoms with Crippen LogP contribution >= 0.6 is 11.8 Å². The average molecular weight is 212 g/mol. The Hall–Kier alpha value is -0.830. The van der Waals surface area contributed by atoms with E-state index in [2.05, 4.69) is 6.58 Å². The minimum atomic E-state index is -0.375. The van der Waals surface area contributed by atoms with Crippen molar-refractivity contribution in [3.05, 3.63) is 47.5 Å². The van der Waals surface area contributed by atoms with Crippen molar-refractivity contribution in [1.82, 2.24) is 0 Å². The summed E-state index contributed by atoms with van der Waals surface area (Å²) in [6.45, 7) is 3.84. The Kier molecular flexibility index (Phi) is 2.59. The van der Waals surface area contributed by atoms with Crippen molar-refractivity contribution >= 4 is 11.8 Å². The standard InChI is InChI=1S/C11H10F2S/c1-7-4-11(14-6-7)9-5-8(12)2-3-10(9)13/h2-3,5,11H,1,4,6H2. The number of benzene rings is 1. The van der Waals surface area contributed by atoms with Gasteiger partial charge in [-0.2, -0.15) is 0 Å². The fraction of sp³-hybridized carbons (Fsp3) is 0.273. The summed E-state index contributed by atoms with van der Waals surface area (Å²) >= 11 is 1.62. The average Bonchev–Trinajstić information content (AvgIpc) is 2.56. The van der Waals surface area contributed by atoms with Crippen LogP contribution in [-0.4, -0.2) is 5.75 Å². The third-order valence-electron chi connectivity index (χ3n) is 2.27. The summed E-state index contributed by atoms with van der Waals surface area (Å²) in [6, 6.07) is 3.62. The van der Waals surface area contributed by atoms with Gasteiger partial charge >= 0.3 is 0 Å². The van der Waals surface area contributed by atoms with Crippen LogP contribution in [0.3, 0.4) is 0 Å². The molecule has 0 nitrogen and oxygen atoms in total. The molecule has 0 spiro atoms. The van der Waals surface area contributed by atoms with Gasteiger partial charge < -0.3 is 0 Å². The van der Waals surface area contributed by atoms with E-state index in [4.69, 9.17) is 0 Å². The maximum Gasteiger partial charge on any atom is 0.127 e. The topological polar surface area (TPSA) is 0 Å². The molecule has 0 bridgehead atoms. The van der Waals surface area contributed by atoms with Crippen molar-refractivity contribution in [3.63, 3.8) is 0 Å². The third kappa shape index (κ3) is 1.82. The van der Waals surface area contributed by atoms with Crippen molar-refractivity contribution in [3.8, 4) is 0 Å². The summed E-state index contributed by atoms with van der Waals surface area (Å²) in [7, 11) is 0. The van der Waals surface area contributed by atoms with E-state index < -0.39 is 0 Å². The molecule has 0 N–H and O–H groups in total. The zero-order chi connectivity index (χ0) is 10.1. The molecule has 1 aromatic rings. The Labute approximate surface area is 86.0 Å². The van der Waals surface area contributed by atoms with Crippen LogP contribution in [0.2, 0.25) is 0 Å². The van der Waals surface area contributed by atoms with Crippen LogP contribution in [0.5, 0.6) is 0 Å². The molecule has 0 aliphatic carbocycles. The van der Waals surface area contributed by atoms with Crippen molar-refractivity contribution < 1.29 is 8.78 Å². The molecule has 1 atom stereocenters. The third-order valence-corrected chi connectivity index (χ3v) is 3.67. The van der Waals surface area contributed by atoms with Gasteiger partial charge in [-0.05, 0) is 24.6 Å². The highest BCUT2D eigenvalue weighted by molar-refractivity contribution is 8.00. The van der Waals surface area contributed by atoms with E-state index in [1.54, 1.807) is 11.8 Å². The van der Waals surface area contributed by atoms with Crippen LogP contribution in [0.15, 0.2) is 30.4 Å². The van der Waals surface area contributed by atoms with Crippen LogP contribution in [-0.2, 0) is 0 Å². The van der Waals surface area contributed by atoms with Crippen LogP contribution in [0, 0.1) is 11.6 Å². The van der Waals surface area contributed by atoms with E-state index in [1.807, 2.05) is 0 Å². The minimum Gasteiger partial charge on any atom is -0.207 e. The zero-order valence-corrected chi connectivity index (χ0v) is 8.41. The summed E-state index contributed by atoms with van der Waals surface area (Å²) in [5, 5.41) is 0.0400. The first kappa shape index (κ1) is 9.71. The molecule has 1 unspecified atom stereocenters. The summed E-state index contributed by atoms with van der Waals surface area (Å²) < 4.78 is 26.2. The van der Waals surface area contributed by atoms with Crippen LogP contribution < -0.4 is 0 Å². The lowest BCUT2D eigenvalue weighted by molar-refractivity contribution is 0.583. The predicted molar refractivity (Wildman–Crippen MR) is 55.3 cm³/mol. The smallest absolute Gasteiger partial charge is 0.127 e. The Bertz CT molecular complexity index is 374. The van der Waals surface area contributed by atoms with Gasteiger partial charge in [0.15, 0.2) is 0 Å². The van der Waals surface area contributed by atoms with Gasteiger partial charge in [-0.3, -0.25) is 0 Å². The molecule has 1 heterocycles. The molecule has 0 amide bonds. The maximum atomic E-state index is 13.3. The Morgan fingerprint density at radius 3 is 2.79 bits per heavy atom. The minimum absolute atomic E-state index is 0.0400. The monoisotopic (exact) mass is 212 g/mol. The molecule has 14 heavy (non-hydrogen) atoms. The predicted octanol–water partition coefficient (Wildman–Crippen LogP) is 3.70. The molecule has 0 radical (unpaired) electrons. The van der Waals surface area contributed by atoms with Gasteiger partial charge in [0.1, 0.15) is 11.6 Å². The fourth-order valence-electron chi connectivity index (χ4n) is 1.56. The van der Waals surface area contributed by atoms with Gasteiger partial charge in [0.2, 0.25) is 0 Å². The molecule has 0 saturated carbocycles. The number of rotatable bonds is 1. The van der Waals surface area contributed by atoms with E-state index in [0.29, 0.717) is 5.56 Å². The molecular weight excluding hydrogens is 202 g/mol. The zero-order valence-electron chi connectivity index (χ0n) is 7.59. The Balaban J connectivity index is 2.31. The molecule has 1 fully saturated rings.